The number of nitrogens with one attached hydrogen (secondary N) is 1. The molecule has 0 bridgehead atoms. The highest BCUT2D eigenvalue weighted by Crippen LogP contribution is 2.27. The molecule has 3 rings (SSSR count). The van der Waals surface area contributed by atoms with Gasteiger partial charge in [0.2, 0.25) is 4.77 Å². The predicted octanol–water partition coefficient (Wildman–Crippen LogP) is 3.51. The third kappa shape index (κ3) is 3.21. The van der Waals surface area contributed by atoms with Crippen LogP contribution in [0.5, 0.6) is 11.5 Å². The van der Waals surface area contributed by atoms with Crippen molar-refractivity contribution in [3.63, 3.8) is 0 Å². The SMILES string of the molecule is COc1ccc(/C=N\n2c(-c3ccccc3)n[nH]c2=S)cc1OC. The van der Waals surface area contributed by atoms with Crippen molar-refractivity contribution >= 4 is 18.4 Å². The summed E-state index contributed by atoms with van der Waals surface area (Å²) in [7, 11) is 3.20. The number of benzene rings is 2. The molecule has 1 aromatic heterocycles. The minimum Gasteiger partial charge on any atom is -0.493 e. The van der Waals surface area contributed by atoms with E-state index in [1.165, 1.54) is 0 Å². The molecule has 0 fully saturated rings. The van der Waals surface area contributed by atoms with Gasteiger partial charge >= 0.3 is 0 Å². The molecule has 1 heterocycles. The monoisotopic (exact) mass is 340 g/mol. The number of hydrogen-bond donors (Lipinski definition) is 1. The highest BCUT2D eigenvalue weighted by Gasteiger charge is 2.07. The molecule has 0 amide bonds. The van der Waals surface area contributed by atoms with Gasteiger partial charge in [-0.2, -0.15) is 14.9 Å². The second-order valence-electron chi connectivity index (χ2n) is 4.89. The third-order valence-corrected chi connectivity index (χ3v) is 3.68. The van der Waals surface area contributed by atoms with Crippen LogP contribution in [0.4, 0.5) is 0 Å². The average molecular weight is 340 g/mol. The zero-order valence-electron chi connectivity index (χ0n) is 13.3. The molecule has 1 N–H and O–H groups in total. The lowest BCUT2D eigenvalue weighted by Gasteiger charge is -2.07. The minimum atomic E-state index is 0.422. The fraction of sp³-hybridized carbons (Fsp3) is 0.118. The number of methoxy groups -OCH3 is 2. The number of ether oxygens (including phenoxy) is 2. The Balaban J connectivity index is 1.96. The lowest BCUT2D eigenvalue weighted by atomic mass is 10.2. The molecule has 3 aromatic rings. The van der Waals surface area contributed by atoms with Gasteiger partial charge in [-0.05, 0) is 36.0 Å². The molecule has 0 spiro atoms. The van der Waals surface area contributed by atoms with Gasteiger partial charge in [0.25, 0.3) is 0 Å². The Morgan fingerprint density at radius 1 is 1.08 bits per heavy atom. The summed E-state index contributed by atoms with van der Waals surface area (Å²) in [5.41, 5.74) is 1.78. The van der Waals surface area contributed by atoms with Crippen molar-refractivity contribution in [3.05, 3.63) is 58.9 Å². The van der Waals surface area contributed by atoms with Crippen LogP contribution in [0.3, 0.4) is 0 Å². The Kier molecular flexibility index (Phi) is 4.72. The van der Waals surface area contributed by atoms with Gasteiger partial charge in [0.05, 0.1) is 20.4 Å². The molecule has 0 aliphatic carbocycles. The van der Waals surface area contributed by atoms with Crippen LogP contribution in [0.2, 0.25) is 0 Å². The lowest BCUT2D eigenvalue weighted by molar-refractivity contribution is 0.355. The maximum Gasteiger partial charge on any atom is 0.216 e. The maximum atomic E-state index is 5.30. The molecule has 24 heavy (non-hydrogen) atoms. The van der Waals surface area contributed by atoms with Crippen LogP contribution >= 0.6 is 12.2 Å². The number of rotatable bonds is 5. The van der Waals surface area contributed by atoms with Crippen LogP contribution in [-0.4, -0.2) is 35.3 Å². The van der Waals surface area contributed by atoms with Gasteiger partial charge in [-0.25, -0.2) is 5.10 Å². The van der Waals surface area contributed by atoms with E-state index in [1.807, 2.05) is 48.5 Å². The van der Waals surface area contributed by atoms with E-state index in [2.05, 4.69) is 15.3 Å². The average Bonchev–Trinajstić information content (AvgIpc) is 3.01. The Labute approximate surface area is 144 Å². The van der Waals surface area contributed by atoms with Crippen molar-refractivity contribution in [2.24, 2.45) is 5.10 Å². The molecule has 6 nitrogen and oxygen atoms in total. The number of aromatic amines is 1. The summed E-state index contributed by atoms with van der Waals surface area (Å²) in [6, 6.07) is 15.3. The van der Waals surface area contributed by atoms with E-state index in [9.17, 15) is 0 Å². The zero-order valence-corrected chi connectivity index (χ0v) is 14.1. The number of nitrogens with zero attached hydrogens (tertiary/aromatic N) is 3. The maximum absolute atomic E-state index is 5.30. The number of hydrogen-bond acceptors (Lipinski definition) is 5. The molecule has 7 heteroatoms. The first-order valence-corrected chi connectivity index (χ1v) is 7.63. The quantitative estimate of drug-likeness (QED) is 0.570. The van der Waals surface area contributed by atoms with Crippen LogP contribution in [0.1, 0.15) is 5.56 Å². The van der Waals surface area contributed by atoms with Crippen LogP contribution in [-0.2, 0) is 0 Å². The fourth-order valence-electron chi connectivity index (χ4n) is 2.23. The summed E-state index contributed by atoms with van der Waals surface area (Å²) < 4.78 is 12.5. The zero-order chi connectivity index (χ0) is 16.9. The van der Waals surface area contributed by atoms with E-state index >= 15 is 0 Å². The number of H-pyrrole nitrogens is 1. The summed E-state index contributed by atoms with van der Waals surface area (Å²) >= 11 is 5.26. The van der Waals surface area contributed by atoms with Crippen molar-refractivity contribution in [1.29, 1.82) is 0 Å². The van der Waals surface area contributed by atoms with Gasteiger partial charge in [0.15, 0.2) is 17.3 Å². The fourth-order valence-corrected chi connectivity index (χ4v) is 2.41. The van der Waals surface area contributed by atoms with Crippen LogP contribution in [0, 0.1) is 4.77 Å². The van der Waals surface area contributed by atoms with E-state index in [4.69, 9.17) is 21.7 Å². The summed E-state index contributed by atoms with van der Waals surface area (Å²) in [6.07, 6.45) is 1.69. The minimum absolute atomic E-state index is 0.422. The molecule has 0 saturated heterocycles. The first kappa shape index (κ1) is 15.9. The second kappa shape index (κ2) is 7.10. The Morgan fingerprint density at radius 3 is 2.54 bits per heavy atom. The van der Waals surface area contributed by atoms with Crippen LogP contribution in [0.15, 0.2) is 53.6 Å². The van der Waals surface area contributed by atoms with E-state index in [0.717, 1.165) is 11.1 Å². The van der Waals surface area contributed by atoms with Gasteiger partial charge in [0.1, 0.15) is 0 Å². The van der Waals surface area contributed by atoms with Gasteiger partial charge in [-0.1, -0.05) is 30.3 Å². The first-order valence-electron chi connectivity index (χ1n) is 7.22. The Morgan fingerprint density at radius 2 is 1.83 bits per heavy atom. The second-order valence-corrected chi connectivity index (χ2v) is 5.28. The molecule has 0 saturated carbocycles. The largest absolute Gasteiger partial charge is 0.493 e. The summed E-state index contributed by atoms with van der Waals surface area (Å²) in [4.78, 5) is 0. The molecule has 0 unspecified atom stereocenters. The highest BCUT2D eigenvalue weighted by molar-refractivity contribution is 7.71. The topological polar surface area (TPSA) is 64.4 Å². The van der Waals surface area contributed by atoms with Crippen molar-refractivity contribution in [2.45, 2.75) is 0 Å². The van der Waals surface area contributed by atoms with Crippen LogP contribution < -0.4 is 9.47 Å². The summed E-state index contributed by atoms with van der Waals surface area (Å²) in [5, 5.41) is 11.5. The summed E-state index contributed by atoms with van der Waals surface area (Å²) in [6.45, 7) is 0. The van der Waals surface area contributed by atoms with Crippen molar-refractivity contribution in [1.82, 2.24) is 14.9 Å². The molecular formula is C17H16N4O2S. The standard InChI is InChI=1S/C17H16N4O2S/c1-22-14-9-8-12(10-15(14)23-2)11-18-21-16(19-20-17(21)24)13-6-4-3-5-7-13/h3-11H,1-2H3,(H,20,24)/b18-11-. The molecular weight excluding hydrogens is 324 g/mol. The Bertz CT molecular complexity index is 916. The molecule has 122 valence electrons. The van der Waals surface area contributed by atoms with E-state index < -0.39 is 0 Å². The molecule has 2 aromatic carbocycles. The van der Waals surface area contributed by atoms with E-state index in [-0.39, 0.29) is 0 Å². The molecule has 0 aliphatic rings. The smallest absolute Gasteiger partial charge is 0.216 e. The molecule has 0 radical (unpaired) electrons. The highest BCUT2D eigenvalue weighted by atomic mass is 32.1. The number of aromatic nitrogens is 3. The molecule has 0 aliphatic heterocycles. The van der Waals surface area contributed by atoms with Crippen LogP contribution in [0.25, 0.3) is 11.4 Å². The third-order valence-electron chi connectivity index (χ3n) is 3.41. The van der Waals surface area contributed by atoms with Crippen molar-refractivity contribution < 1.29 is 9.47 Å². The van der Waals surface area contributed by atoms with Gasteiger partial charge in [-0.15, -0.1) is 0 Å². The summed E-state index contributed by atoms with van der Waals surface area (Å²) in [5.74, 6) is 1.96. The van der Waals surface area contributed by atoms with Crippen molar-refractivity contribution in [2.75, 3.05) is 14.2 Å². The normalized spacial score (nSPS) is 10.9. The van der Waals surface area contributed by atoms with Gasteiger partial charge < -0.3 is 9.47 Å². The lowest BCUT2D eigenvalue weighted by Crippen LogP contribution is -1.96. The predicted molar refractivity (Wildman–Crippen MR) is 95.4 cm³/mol. The van der Waals surface area contributed by atoms with Crippen molar-refractivity contribution in [3.8, 4) is 22.9 Å². The Hall–Kier alpha value is -2.93. The van der Waals surface area contributed by atoms with Gasteiger partial charge in [-0.3, -0.25) is 0 Å². The molecule has 0 atom stereocenters. The van der Waals surface area contributed by atoms with E-state index in [1.54, 1.807) is 25.1 Å². The van der Waals surface area contributed by atoms with E-state index in [0.29, 0.717) is 22.1 Å². The first-order chi connectivity index (χ1) is 11.7. The van der Waals surface area contributed by atoms with Gasteiger partial charge in [0, 0.05) is 5.56 Å².